The Morgan fingerprint density at radius 3 is 2.19 bits per heavy atom. The lowest BCUT2D eigenvalue weighted by Gasteiger charge is -2.12. The number of para-hydroxylation sites is 1. The number of halogens is 3. The van der Waals surface area contributed by atoms with E-state index in [-0.39, 0.29) is 11.0 Å². The SMILES string of the molecule is O=C(NC(=S)Nc1c(Cl)cccc1Cl)c1ccc(Br)cc1. The summed E-state index contributed by atoms with van der Waals surface area (Å²) < 4.78 is 0.891. The summed E-state index contributed by atoms with van der Waals surface area (Å²) in [6.07, 6.45) is 0. The lowest BCUT2D eigenvalue weighted by Crippen LogP contribution is -2.34. The molecule has 0 heterocycles. The molecule has 0 saturated carbocycles. The maximum atomic E-state index is 12.0. The van der Waals surface area contributed by atoms with Crippen molar-refractivity contribution in [3.8, 4) is 0 Å². The molecule has 0 aromatic heterocycles. The van der Waals surface area contributed by atoms with Crippen LogP contribution in [-0.4, -0.2) is 11.0 Å². The molecule has 0 fully saturated rings. The molecule has 0 radical (unpaired) electrons. The summed E-state index contributed by atoms with van der Waals surface area (Å²) in [4.78, 5) is 12.0. The van der Waals surface area contributed by atoms with Gasteiger partial charge >= 0.3 is 0 Å². The first-order chi connectivity index (χ1) is 9.97. The van der Waals surface area contributed by atoms with E-state index in [2.05, 4.69) is 26.6 Å². The molecule has 2 rings (SSSR count). The molecule has 2 aromatic rings. The second-order valence-corrected chi connectivity index (χ2v) is 6.15. The van der Waals surface area contributed by atoms with Crippen LogP contribution in [0.4, 0.5) is 5.69 Å². The van der Waals surface area contributed by atoms with Crippen molar-refractivity contribution in [3.05, 3.63) is 62.5 Å². The molecule has 0 aliphatic rings. The fraction of sp³-hybridized carbons (Fsp3) is 0. The quantitative estimate of drug-likeness (QED) is 0.702. The van der Waals surface area contributed by atoms with Gasteiger partial charge in [0.2, 0.25) is 0 Å². The van der Waals surface area contributed by atoms with Crippen molar-refractivity contribution in [1.82, 2.24) is 5.32 Å². The average molecular weight is 404 g/mol. The number of carbonyl (C=O) groups is 1. The fourth-order valence-electron chi connectivity index (χ4n) is 1.54. The monoisotopic (exact) mass is 402 g/mol. The summed E-state index contributed by atoms with van der Waals surface area (Å²) in [5.74, 6) is -0.317. The Bertz CT molecular complexity index is 672. The highest BCUT2D eigenvalue weighted by atomic mass is 79.9. The highest BCUT2D eigenvalue weighted by Gasteiger charge is 2.11. The van der Waals surface area contributed by atoms with E-state index in [1.54, 1.807) is 42.5 Å². The van der Waals surface area contributed by atoms with Crippen LogP contribution in [0.25, 0.3) is 0 Å². The Kier molecular flexibility index (Phi) is 5.58. The number of hydrogen-bond acceptors (Lipinski definition) is 2. The van der Waals surface area contributed by atoms with Gasteiger partial charge in [-0.2, -0.15) is 0 Å². The van der Waals surface area contributed by atoms with Crippen LogP contribution in [0.3, 0.4) is 0 Å². The molecule has 0 unspecified atom stereocenters. The predicted molar refractivity (Wildman–Crippen MR) is 94.3 cm³/mol. The van der Waals surface area contributed by atoms with E-state index in [4.69, 9.17) is 35.4 Å². The highest BCUT2D eigenvalue weighted by Crippen LogP contribution is 2.29. The van der Waals surface area contributed by atoms with Gasteiger partial charge in [0.05, 0.1) is 15.7 Å². The number of amides is 1. The van der Waals surface area contributed by atoms with Crippen LogP contribution in [0.1, 0.15) is 10.4 Å². The van der Waals surface area contributed by atoms with Crippen LogP contribution >= 0.6 is 51.3 Å². The van der Waals surface area contributed by atoms with Crippen molar-refractivity contribution in [1.29, 1.82) is 0 Å². The van der Waals surface area contributed by atoms with Crippen molar-refractivity contribution in [3.63, 3.8) is 0 Å². The molecule has 21 heavy (non-hydrogen) atoms. The number of rotatable bonds is 2. The van der Waals surface area contributed by atoms with Gasteiger partial charge < -0.3 is 5.32 Å². The third kappa shape index (κ3) is 4.41. The van der Waals surface area contributed by atoms with Gasteiger partial charge in [0.25, 0.3) is 5.91 Å². The number of anilines is 1. The topological polar surface area (TPSA) is 41.1 Å². The number of nitrogens with one attached hydrogen (secondary N) is 2. The molecule has 7 heteroatoms. The predicted octanol–water partition coefficient (Wildman–Crippen LogP) is 4.88. The molecule has 3 nitrogen and oxygen atoms in total. The standard InChI is InChI=1S/C14H9BrCl2N2OS/c15-9-6-4-8(5-7-9)13(20)19-14(21)18-12-10(16)2-1-3-11(12)17/h1-7H,(H2,18,19,20,21). The summed E-state index contributed by atoms with van der Waals surface area (Å²) >= 11 is 20.4. The van der Waals surface area contributed by atoms with E-state index in [0.29, 0.717) is 21.3 Å². The van der Waals surface area contributed by atoms with Gasteiger partial charge in [-0.1, -0.05) is 45.2 Å². The normalized spacial score (nSPS) is 10.0. The van der Waals surface area contributed by atoms with E-state index < -0.39 is 0 Å². The molecule has 0 aliphatic carbocycles. The second kappa shape index (κ2) is 7.22. The maximum Gasteiger partial charge on any atom is 0.257 e. The van der Waals surface area contributed by atoms with Crippen LogP contribution in [0.15, 0.2) is 46.9 Å². The summed E-state index contributed by atoms with van der Waals surface area (Å²) in [6.45, 7) is 0. The van der Waals surface area contributed by atoms with E-state index in [1.165, 1.54) is 0 Å². The van der Waals surface area contributed by atoms with Crippen LogP contribution in [0.5, 0.6) is 0 Å². The average Bonchev–Trinajstić information content (AvgIpc) is 2.43. The van der Waals surface area contributed by atoms with Gasteiger partial charge in [0.15, 0.2) is 5.11 Å². The Labute approximate surface area is 145 Å². The second-order valence-electron chi connectivity index (χ2n) is 4.01. The molecular formula is C14H9BrCl2N2OS. The smallest absolute Gasteiger partial charge is 0.257 e. The molecule has 0 atom stereocenters. The summed E-state index contributed by atoms with van der Waals surface area (Å²) in [7, 11) is 0. The van der Waals surface area contributed by atoms with Crippen LogP contribution < -0.4 is 10.6 Å². The van der Waals surface area contributed by atoms with E-state index in [0.717, 1.165) is 4.47 Å². The third-order valence-corrected chi connectivity index (χ3v) is 3.90. The van der Waals surface area contributed by atoms with Crippen molar-refractivity contribution >= 4 is 68.1 Å². The number of thiocarbonyl (C=S) groups is 1. The zero-order valence-electron chi connectivity index (χ0n) is 10.5. The van der Waals surface area contributed by atoms with Gasteiger partial charge in [0.1, 0.15) is 0 Å². The lowest BCUT2D eigenvalue weighted by atomic mass is 10.2. The van der Waals surface area contributed by atoms with Crippen molar-refractivity contribution in [2.45, 2.75) is 0 Å². The molecule has 1 amide bonds. The molecule has 0 spiro atoms. The molecule has 0 aliphatic heterocycles. The van der Waals surface area contributed by atoms with Crippen LogP contribution in [0.2, 0.25) is 10.0 Å². The summed E-state index contributed by atoms with van der Waals surface area (Å²) in [5.41, 5.74) is 0.953. The fourth-order valence-corrected chi connectivity index (χ4v) is 2.49. The summed E-state index contributed by atoms with van der Waals surface area (Å²) in [6, 6.07) is 12.0. The van der Waals surface area contributed by atoms with Gasteiger partial charge in [-0.15, -0.1) is 0 Å². The van der Waals surface area contributed by atoms with E-state index in [9.17, 15) is 4.79 Å². The van der Waals surface area contributed by atoms with Crippen molar-refractivity contribution in [2.24, 2.45) is 0 Å². The minimum atomic E-state index is -0.317. The zero-order chi connectivity index (χ0) is 15.4. The molecule has 2 N–H and O–H groups in total. The minimum absolute atomic E-state index is 0.123. The zero-order valence-corrected chi connectivity index (χ0v) is 14.4. The van der Waals surface area contributed by atoms with E-state index >= 15 is 0 Å². The van der Waals surface area contributed by atoms with Gasteiger partial charge in [-0.05, 0) is 48.6 Å². The molecular weight excluding hydrogens is 395 g/mol. The van der Waals surface area contributed by atoms with Crippen LogP contribution in [-0.2, 0) is 0 Å². The lowest BCUT2D eigenvalue weighted by molar-refractivity contribution is 0.0977. The van der Waals surface area contributed by atoms with Crippen molar-refractivity contribution < 1.29 is 4.79 Å². The van der Waals surface area contributed by atoms with Gasteiger partial charge in [0, 0.05) is 10.0 Å². The Morgan fingerprint density at radius 2 is 1.62 bits per heavy atom. The summed E-state index contributed by atoms with van der Waals surface area (Å²) in [5, 5.41) is 6.35. The van der Waals surface area contributed by atoms with Gasteiger partial charge in [-0.25, -0.2) is 0 Å². The highest BCUT2D eigenvalue weighted by molar-refractivity contribution is 9.10. The molecule has 2 aromatic carbocycles. The Hall–Kier alpha value is -1.14. The van der Waals surface area contributed by atoms with Gasteiger partial charge in [-0.3, -0.25) is 10.1 Å². The van der Waals surface area contributed by atoms with Crippen LogP contribution in [0, 0.1) is 0 Å². The molecule has 0 saturated heterocycles. The Balaban J connectivity index is 2.05. The molecule has 0 bridgehead atoms. The third-order valence-electron chi connectivity index (χ3n) is 2.53. The largest absolute Gasteiger partial charge is 0.330 e. The first kappa shape index (κ1) is 16.2. The number of carbonyl (C=O) groups excluding carboxylic acids is 1. The number of benzene rings is 2. The number of hydrogen-bond donors (Lipinski definition) is 2. The maximum absolute atomic E-state index is 12.0. The Morgan fingerprint density at radius 1 is 1.05 bits per heavy atom. The first-order valence-corrected chi connectivity index (χ1v) is 7.75. The molecule has 108 valence electrons. The van der Waals surface area contributed by atoms with Crippen molar-refractivity contribution in [2.75, 3.05) is 5.32 Å². The van der Waals surface area contributed by atoms with E-state index in [1.807, 2.05) is 0 Å². The first-order valence-electron chi connectivity index (χ1n) is 5.79. The minimum Gasteiger partial charge on any atom is -0.330 e.